The van der Waals surface area contributed by atoms with Crippen LogP contribution >= 0.6 is 11.6 Å². The third-order valence-corrected chi connectivity index (χ3v) is 4.50. The van der Waals surface area contributed by atoms with Crippen molar-refractivity contribution in [1.82, 2.24) is 5.32 Å². The van der Waals surface area contributed by atoms with E-state index in [1.54, 1.807) is 6.21 Å². The number of benzene rings is 1. The molecule has 0 bridgehead atoms. The fourth-order valence-electron chi connectivity index (χ4n) is 1.60. The SMILES string of the molecule is C=C1[I-]C=N/C1=C(/N=C\C)NCc1cccc(Cl)c1. The van der Waals surface area contributed by atoms with Crippen molar-refractivity contribution in [2.24, 2.45) is 9.98 Å². The molecular weight excluding hydrogens is 373 g/mol. The molecule has 0 fully saturated rings. The summed E-state index contributed by atoms with van der Waals surface area (Å²) >= 11 is 5.81. The first kappa shape index (κ1) is 14.3. The molecule has 0 saturated carbocycles. The normalized spacial score (nSPS) is 17.7. The zero-order valence-corrected chi connectivity index (χ0v) is 13.4. The number of aliphatic imine (C=N–C) groups is 2. The summed E-state index contributed by atoms with van der Waals surface area (Å²) in [6, 6.07) is 7.76. The Morgan fingerprint density at radius 2 is 2.42 bits per heavy atom. The van der Waals surface area contributed by atoms with Gasteiger partial charge in [0, 0.05) is 0 Å². The van der Waals surface area contributed by atoms with Gasteiger partial charge in [-0.3, -0.25) is 0 Å². The summed E-state index contributed by atoms with van der Waals surface area (Å²) in [6.07, 6.45) is 1.76. The predicted octanol–water partition coefficient (Wildman–Crippen LogP) is 0.334. The molecule has 0 amide bonds. The Balaban J connectivity index is 2.15. The fraction of sp³-hybridized carbons (Fsp3) is 0.143. The second-order valence-electron chi connectivity index (χ2n) is 3.81. The van der Waals surface area contributed by atoms with Gasteiger partial charge >= 0.3 is 129 Å². The zero-order chi connectivity index (χ0) is 13.7. The van der Waals surface area contributed by atoms with Gasteiger partial charge in [-0.1, -0.05) is 0 Å². The molecule has 5 heteroatoms. The van der Waals surface area contributed by atoms with Gasteiger partial charge in [0.05, 0.1) is 0 Å². The first-order valence-electron chi connectivity index (χ1n) is 5.77. The summed E-state index contributed by atoms with van der Waals surface area (Å²) in [5.41, 5.74) is 1.99. The van der Waals surface area contributed by atoms with Crippen LogP contribution in [0.1, 0.15) is 12.5 Å². The average molecular weight is 387 g/mol. The van der Waals surface area contributed by atoms with Crippen LogP contribution in [0.2, 0.25) is 5.02 Å². The Labute approximate surface area is 128 Å². The van der Waals surface area contributed by atoms with E-state index < -0.39 is 0 Å². The summed E-state index contributed by atoms with van der Waals surface area (Å²) in [5.74, 6) is 0.779. The topological polar surface area (TPSA) is 36.8 Å². The predicted molar refractivity (Wildman–Crippen MR) is 77.1 cm³/mol. The van der Waals surface area contributed by atoms with Crippen molar-refractivity contribution in [2.45, 2.75) is 13.5 Å². The van der Waals surface area contributed by atoms with Crippen LogP contribution in [-0.2, 0) is 6.54 Å². The molecule has 0 aliphatic carbocycles. The summed E-state index contributed by atoms with van der Waals surface area (Å²) in [7, 11) is 0. The van der Waals surface area contributed by atoms with E-state index in [2.05, 4.69) is 21.9 Å². The molecule has 1 aliphatic heterocycles. The molecular formula is C14H14ClIN3-. The van der Waals surface area contributed by atoms with Crippen LogP contribution in [0.4, 0.5) is 0 Å². The van der Waals surface area contributed by atoms with Crippen LogP contribution < -0.4 is 26.5 Å². The average Bonchev–Trinajstić information content (AvgIpc) is 2.81. The minimum atomic E-state index is -0.157. The van der Waals surface area contributed by atoms with Crippen LogP contribution in [0.3, 0.4) is 0 Å². The molecule has 1 aromatic rings. The number of hydrogen-bond acceptors (Lipinski definition) is 3. The Kier molecular flexibility index (Phi) is 5.15. The van der Waals surface area contributed by atoms with E-state index in [1.165, 1.54) is 0 Å². The molecule has 100 valence electrons. The number of hydrogen-bond donors (Lipinski definition) is 1. The number of nitrogens with one attached hydrogen (secondary N) is 1. The molecule has 0 spiro atoms. The summed E-state index contributed by atoms with van der Waals surface area (Å²) < 4.78 is 3.06. The van der Waals surface area contributed by atoms with E-state index in [1.807, 2.05) is 35.4 Å². The monoisotopic (exact) mass is 386 g/mol. The summed E-state index contributed by atoms with van der Waals surface area (Å²) in [4.78, 5) is 8.71. The standard InChI is InChI=1S/C14H14ClIN3/c1-3-17-14(13-10(2)16-9-19-13)18-8-11-5-4-6-12(15)7-11/h3-7,9,18H,2,8H2,1H3/q-1/b14-13-,17-3-. The molecule has 2 rings (SSSR count). The maximum absolute atomic E-state index is 5.97. The molecule has 0 saturated heterocycles. The third-order valence-electron chi connectivity index (χ3n) is 2.45. The number of halogens is 2. The Hall–Kier alpha value is -1.14. The minimum absolute atomic E-state index is 0.157. The number of rotatable bonds is 4. The van der Waals surface area contributed by atoms with E-state index in [0.717, 1.165) is 25.7 Å². The van der Waals surface area contributed by atoms with Crippen LogP contribution in [0.15, 0.2) is 55.9 Å². The molecule has 1 N–H and O–H groups in total. The Morgan fingerprint density at radius 3 is 3.05 bits per heavy atom. The Morgan fingerprint density at radius 1 is 1.58 bits per heavy atom. The van der Waals surface area contributed by atoms with Crippen LogP contribution in [0.25, 0.3) is 0 Å². The fourth-order valence-corrected chi connectivity index (χ4v) is 3.25. The Bertz CT molecular complexity index is 576. The van der Waals surface area contributed by atoms with Crippen LogP contribution in [0, 0.1) is 0 Å². The molecule has 0 radical (unpaired) electrons. The van der Waals surface area contributed by atoms with Crippen LogP contribution in [0.5, 0.6) is 0 Å². The van der Waals surface area contributed by atoms with Gasteiger partial charge in [-0.2, -0.15) is 0 Å². The first-order chi connectivity index (χ1) is 9.20. The first-order valence-corrected chi connectivity index (χ1v) is 8.47. The summed E-state index contributed by atoms with van der Waals surface area (Å²) in [5, 5.41) is 4.04. The number of allylic oxidation sites excluding steroid dienone is 1. The molecule has 0 atom stereocenters. The van der Waals surface area contributed by atoms with Crippen molar-refractivity contribution in [3.05, 3.63) is 56.5 Å². The van der Waals surface area contributed by atoms with Gasteiger partial charge in [-0.15, -0.1) is 0 Å². The number of nitrogens with zero attached hydrogens (tertiary/aromatic N) is 2. The van der Waals surface area contributed by atoms with E-state index in [-0.39, 0.29) is 21.2 Å². The van der Waals surface area contributed by atoms with Gasteiger partial charge in [-0.05, 0) is 0 Å². The molecule has 1 aliphatic rings. The van der Waals surface area contributed by atoms with Gasteiger partial charge in [0.1, 0.15) is 0 Å². The molecule has 0 aromatic heterocycles. The van der Waals surface area contributed by atoms with Crippen molar-refractivity contribution in [2.75, 3.05) is 0 Å². The van der Waals surface area contributed by atoms with Gasteiger partial charge < -0.3 is 0 Å². The molecule has 0 unspecified atom stereocenters. The van der Waals surface area contributed by atoms with Gasteiger partial charge in [0.25, 0.3) is 0 Å². The quantitative estimate of drug-likeness (QED) is 0.588. The third kappa shape index (κ3) is 3.91. The molecule has 19 heavy (non-hydrogen) atoms. The molecule has 1 aromatic carbocycles. The summed E-state index contributed by atoms with van der Waals surface area (Å²) in [6.45, 7) is 6.59. The molecule has 3 nitrogen and oxygen atoms in total. The van der Waals surface area contributed by atoms with Crippen molar-refractivity contribution in [1.29, 1.82) is 0 Å². The van der Waals surface area contributed by atoms with E-state index in [9.17, 15) is 0 Å². The zero-order valence-electron chi connectivity index (χ0n) is 10.5. The molecule has 1 heterocycles. The van der Waals surface area contributed by atoms with Crippen molar-refractivity contribution in [3.8, 4) is 0 Å². The van der Waals surface area contributed by atoms with Crippen molar-refractivity contribution in [3.63, 3.8) is 0 Å². The second-order valence-corrected chi connectivity index (χ2v) is 6.73. The van der Waals surface area contributed by atoms with Gasteiger partial charge in [0.15, 0.2) is 0 Å². The maximum atomic E-state index is 5.97. The van der Waals surface area contributed by atoms with E-state index in [4.69, 9.17) is 11.6 Å². The van der Waals surface area contributed by atoms with Crippen molar-refractivity contribution < 1.29 is 21.2 Å². The second kappa shape index (κ2) is 6.86. The van der Waals surface area contributed by atoms with Crippen LogP contribution in [-0.4, -0.2) is 10.4 Å². The van der Waals surface area contributed by atoms with Crippen molar-refractivity contribution >= 4 is 22.0 Å². The van der Waals surface area contributed by atoms with E-state index >= 15 is 0 Å². The van der Waals surface area contributed by atoms with Gasteiger partial charge in [-0.25, -0.2) is 0 Å². The van der Waals surface area contributed by atoms with Gasteiger partial charge in [0.2, 0.25) is 0 Å². The van der Waals surface area contributed by atoms with E-state index in [0.29, 0.717) is 6.54 Å².